The topological polar surface area (TPSA) is 58.2 Å². The normalized spacial score (nSPS) is 13.4. The van der Waals surface area contributed by atoms with Gasteiger partial charge in [-0.1, -0.05) is 52.5 Å². The van der Waals surface area contributed by atoms with E-state index >= 15 is 0 Å². The summed E-state index contributed by atoms with van der Waals surface area (Å²) in [6.07, 6.45) is -9.34. The van der Waals surface area contributed by atoms with Gasteiger partial charge in [-0.25, -0.2) is 4.39 Å². The molecule has 0 heterocycles. The Balaban J connectivity index is 2.23. The molecule has 4 nitrogen and oxygen atoms in total. The second-order valence-corrected chi connectivity index (χ2v) is 8.70. The van der Waals surface area contributed by atoms with E-state index in [2.05, 4.69) is 0 Å². The highest BCUT2D eigenvalue weighted by molar-refractivity contribution is 6.48. The Hall–Kier alpha value is -2.21. The van der Waals surface area contributed by atoms with Crippen molar-refractivity contribution in [2.75, 3.05) is 13.1 Å². The van der Waals surface area contributed by atoms with Gasteiger partial charge in [0.05, 0.1) is 32.2 Å². The van der Waals surface area contributed by atoms with Crippen LogP contribution in [0, 0.1) is 0 Å². The summed E-state index contributed by atoms with van der Waals surface area (Å²) in [5, 5.41) is 2.44. The minimum absolute atomic E-state index is 0.175. The van der Waals surface area contributed by atoms with Crippen molar-refractivity contribution in [1.82, 2.24) is 10.6 Å². The van der Waals surface area contributed by atoms with Gasteiger partial charge in [0.1, 0.15) is 18.3 Å². The van der Waals surface area contributed by atoms with Crippen LogP contribution in [0.5, 0.6) is 0 Å². The van der Waals surface area contributed by atoms with Gasteiger partial charge >= 0.3 is 12.4 Å². The fourth-order valence-corrected chi connectivity index (χ4v) is 3.62. The number of carbonyl (C=O) groups is 2. The lowest BCUT2D eigenvalue weighted by Gasteiger charge is -2.19. The number of amides is 2. The fraction of sp³-hybridized carbons (Fsp3) is 0.238. The van der Waals surface area contributed by atoms with Gasteiger partial charge in [0.2, 0.25) is 5.91 Å². The van der Waals surface area contributed by atoms with Crippen LogP contribution in [0.1, 0.15) is 27.4 Å². The Labute approximate surface area is 219 Å². The number of hydrogen-bond donors (Lipinski definition) is 2. The number of allylic oxidation sites excluding steroid dienone is 1. The third-order valence-corrected chi connectivity index (χ3v) is 5.93. The second kappa shape index (κ2) is 11.9. The van der Waals surface area contributed by atoms with E-state index in [1.165, 1.54) is 5.32 Å². The summed E-state index contributed by atoms with van der Waals surface area (Å²) < 4.78 is 92.1. The molecule has 2 amide bonds. The van der Waals surface area contributed by atoms with Crippen LogP contribution in [0.2, 0.25) is 20.1 Å². The molecule has 0 aliphatic rings. The first-order valence-electron chi connectivity index (χ1n) is 9.49. The molecule has 0 saturated carbocycles. The number of benzene rings is 2. The molecule has 0 aliphatic heterocycles. The zero-order valence-corrected chi connectivity index (χ0v) is 20.5. The molecule has 0 bridgehead atoms. The number of halogens is 11. The molecule has 0 aliphatic carbocycles. The van der Waals surface area contributed by atoms with Crippen molar-refractivity contribution in [1.29, 1.82) is 0 Å². The maximum atomic E-state index is 14.8. The van der Waals surface area contributed by atoms with Crippen LogP contribution in [0.15, 0.2) is 36.4 Å². The Kier molecular flexibility index (Phi) is 9.91. The standard InChI is InChI=1S/C21H13Cl4F7N2O2/c22-13-3-9(1-2-11(13)19(36)33-7-17(35)34-8-20(27,28)29)16(26)6-12(21(30,31)32)10-4-14(23)18(25)15(24)5-10/h1-6,12H,7-8H2,(H,33,36)(H,34,35). The molecule has 2 aromatic rings. The highest BCUT2D eigenvalue weighted by Crippen LogP contribution is 2.42. The van der Waals surface area contributed by atoms with Gasteiger partial charge in [0, 0.05) is 5.56 Å². The summed E-state index contributed by atoms with van der Waals surface area (Å²) in [5.74, 6) is -5.94. The SMILES string of the molecule is O=C(CNC(=O)c1ccc(C(F)=CC(c2cc(Cl)c(Cl)c(Cl)c2)C(F)(F)F)cc1Cl)NCC(F)(F)F. The number of nitrogens with one attached hydrogen (secondary N) is 2. The van der Waals surface area contributed by atoms with E-state index < -0.39 is 65.2 Å². The summed E-state index contributed by atoms with van der Waals surface area (Å²) in [6.45, 7) is -2.42. The summed E-state index contributed by atoms with van der Waals surface area (Å²) in [7, 11) is 0. The Morgan fingerprint density at radius 3 is 1.97 bits per heavy atom. The molecule has 36 heavy (non-hydrogen) atoms. The summed E-state index contributed by atoms with van der Waals surface area (Å²) >= 11 is 23.3. The molecule has 0 aromatic heterocycles. The first kappa shape index (κ1) is 30.0. The summed E-state index contributed by atoms with van der Waals surface area (Å²) in [4.78, 5) is 23.5. The molecule has 2 N–H and O–H groups in total. The number of rotatable bonds is 7. The Bertz CT molecular complexity index is 1160. The van der Waals surface area contributed by atoms with Crippen LogP contribution in [0.3, 0.4) is 0 Å². The maximum Gasteiger partial charge on any atom is 0.405 e. The van der Waals surface area contributed by atoms with Crippen molar-refractivity contribution >= 4 is 64.0 Å². The molecular weight excluding hydrogens is 587 g/mol. The van der Waals surface area contributed by atoms with Gasteiger partial charge in [-0.05, 0) is 35.9 Å². The zero-order valence-electron chi connectivity index (χ0n) is 17.4. The molecule has 1 atom stereocenters. The third kappa shape index (κ3) is 8.43. The fourth-order valence-electron chi connectivity index (χ4n) is 2.74. The van der Waals surface area contributed by atoms with Crippen LogP contribution < -0.4 is 10.6 Å². The van der Waals surface area contributed by atoms with E-state index in [0.717, 1.165) is 30.3 Å². The van der Waals surface area contributed by atoms with Crippen molar-refractivity contribution < 1.29 is 40.3 Å². The largest absolute Gasteiger partial charge is 0.405 e. The van der Waals surface area contributed by atoms with E-state index in [4.69, 9.17) is 46.4 Å². The summed E-state index contributed by atoms with van der Waals surface area (Å²) in [5.41, 5.74) is -1.21. The van der Waals surface area contributed by atoms with Crippen molar-refractivity contribution in [3.8, 4) is 0 Å². The first-order valence-corrected chi connectivity index (χ1v) is 11.0. The van der Waals surface area contributed by atoms with Crippen LogP contribution in [0.4, 0.5) is 30.7 Å². The lowest BCUT2D eigenvalue weighted by Crippen LogP contribution is -2.40. The van der Waals surface area contributed by atoms with Gasteiger partial charge in [-0.15, -0.1) is 0 Å². The van der Waals surface area contributed by atoms with Gasteiger partial charge in [-0.2, -0.15) is 26.3 Å². The quantitative estimate of drug-likeness (QED) is 0.258. The molecule has 2 aromatic carbocycles. The summed E-state index contributed by atoms with van der Waals surface area (Å²) in [6, 6.07) is 4.56. The molecule has 2 rings (SSSR count). The van der Waals surface area contributed by atoms with E-state index in [0.29, 0.717) is 0 Å². The smallest absolute Gasteiger partial charge is 0.345 e. The van der Waals surface area contributed by atoms with Crippen molar-refractivity contribution in [3.05, 3.63) is 73.2 Å². The number of alkyl halides is 6. The maximum absolute atomic E-state index is 14.8. The molecule has 0 spiro atoms. The van der Waals surface area contributed by atoms with Gasteiger partial charge < -0.3 is 10.6 Å². The second-order valence-electron chi connectivity index (χ2n) is 7.10. The Morgan fingerprint density at radius 2 is 1.47 bits per heavy atom. The van der Waals surface area contributed by atoms with Crippen molar-refractivity contribution in [2.45, 2.75) is 18.3 Å². The molecular formula is C21H13Cl4F7N2O2. The number of hydrogen-bond acceptors (Lipinski definition) is 2. The van der Waals surface area contributed by atoms with Crippen LogP contribution in [0.25, 0.3) is 5.83 Å². The van der Waals surface area contributed by atoms with Crippen molar-refractivity contribution in [3.63, 3.8) is 0 Å². The minimum Gasteiger partial charge on any atom is -0.345 e. The lowest BCUT2D eigenvalue weighted by molar-refractivity contribution is -0.139. The van der Waals surface area contributed by atoms with E-state index in [1.807, 2.05) is 5.32 Å². The third-order valence-electron chi connectivity index (χ3n) is 4.42. The van der Waals surface area contributed by atoms with E-state index in [1.54, 1.807) is 0 Å². The van der Waals surface area contributed by atoms with Gasteiger partial charge in [0.25, 0.3) is 5.91 Å². The first-order chi connectivity index (χ1) is 16.5. The van der Waals surface area contributed by atoms with Crippen molar-refractivity contribution in [2.24, 2.45) is 0 Å². The van der Waals surface area contributed by atoms with Gasteiger partial charge in [-0.3, -0.25) is 9.59 Å². The molecule has 0 radical (unpaired) electrons. The minimum atomic E-state index is -4.95. The highest BCUT2D eigenvalue weighted by atomic mass is 35.5. The molecule has 1 unspecified atom stereocenters. The van der Waals surface area contributed by atoms with Crippen LogP contribution in [-0.4, -0.2) is 37.3 Å². The lowest BCUT2D eigenvalue weighted by atomic mass is 9.96. The van der Waals surface area contributed by atoms with Crippen LogP contribution >= 0.6 is 46.4 Å². The average molecular weight is 600 g/mol. The van der Waals surface area contributed by atoms with Gasteiger partial charge in [0.15, 0.2) is 0 Å². The monoisotopic (exact) mass is 598 g/mol. The molecule has 196 valence electrons. The molecule has 0 fully saturated rings. The average Bonchev–Trinajstić information content (AvgIpc) is 2.76. The van der Waals surface area contributed by atoms with Crippen LogP contribution in [-0.2, 0) is 4.79 Å². The highest BCUT2D eigenvalue weighted by Gasteiger charge is 2.40. The predicted molar refractivity (Wildman–Crippen MR) is 122 cm³/mol. The number of carbonyl (C=O) groups excluding carboxylic acids is 2. The molecule has 0 saturated heterocycles. The Morgan fingerprint density at radius 1 is 0.889 bits per heavy atom. The predicted octanol–water partition coefficient (Wildman–Crippen LogP) is 7.37. The zero-order chi connectivity index (χ0) is 27.4. The molecule has 15 heteroatoms. The van der Waals surface area contributed by atoms with E-state index in [9.17, 15) is 40.3 Å². The van der Waals surface area contributed by atoms with E-state index in [-0.39, 0.29) is 26.7 Å².